The van der Waals surface area contributed by atoms with Gasteiger partial charge >= 0.3 is 18.0 Å². The second kappa shape index (κ2) is 8.77. The summed E-state index contributed by atoms with van der Waals surface area (Å²) in [5, 5.41) is 2.91. The van der Waals surface area contributed by atoms with Crippen molar-refractivity contribution in [3.05, 3.63) is 41.1 Å². The molecule has 8 nitrogen and oxygen atoms in total. The Kier molecular flexibility index (Phi) is 6.80. The Hall–Kier alpha value is -3.03. The second-order valence-electron chi connectivity index (χ2n) is 8.79. The van der Waals surface area contributed by atoms with E-state index in [0.717, 1.165) is 17.2 Å². The van der Waals surface area contributed by atoms with E-state index in [1.165, 1.54) is 14.2 Å². The number of nitrogens with one attached hydrogen (secondary N) is 1. The van der Waals surface area contributed by atoms with E-state index in [1.54, 1.807) is 4.90 Å². The number of nitrogens with zero attached hydrogens (tertiary/aromatic N) is 1. The third kappa shape index (κ3) is 5.75. The average molecular weight is 418 g/mol. The zero-order valence-electron chi connectivity index (χ0n) is 18.6. The quantitative estimate of drug-likeness (QED) is 0.455. The fourth-order valence-electron chi connectivity index (χ4n) is 3.33. The minimum absolute atomic E-state index is 0.0524. The number of ether oxygens (including phenoxy) is 3. The number of hydrogen-bond acceptors (Lipinski definition) is 7. The van der Waals surface area contributed by atoms with Crippen LogP contribution < -0.4 is 5.32 Å². The van der Waals surface area contributed by atoms with Crippen LogP contribution in [0.1, 0.15) is 45.7 Å². The van der Waals surface area contributed by atoms with Crippen molar-refractivity contribution in [1.82, 2.24) is 4.90 Å². The number of hydrogen-bond donors (Lipinski definition) is 1. The van der Waals surface area contributed by atoms with Gasteiger partial charge in [0.05, 0.1) is 20.3 Å². The van der Waals surface area contributed by atoms with Crippen molar-refractivity contribution in [2.75, 3.05) is 26.1 Å². The molecule has 0 saturated carbocycles. The first-order valence-electron chi connectivity index (χ1n) is 9.62. The SMILES string of the molecule is COC(=O)/C=C(/Nc1ccc2c(c1)CN(C(=O)OC(C)(C)C)CC2(C)C)C(=O)OC. The van der Waals surface area contributed by atoms with Gasteiger partial charge in [-0.05, 0) is 44.0 Å². The van der Waals surface area contributed by atoms with E-state index in [0.29, 0.717) is 18.8 Å². The summed E-state index contributed by atoms with van der Waals surface area (Å²) in [4.78, 5) is 37.9. The molecule has 2 rings (SSSR count). The van der Waals surface area contributed by atoms with Gasteiger partial charge in [-0.3, -0.25) is 0 Å². The molecule has 0 saturated heterocycles. The fraction of sp³-hybridized carbons (Fsp3) is 0.500. The highest BCUT2D eigenvalue weighted by molar-refractivity contribution is 5.98. The Morgan fingerprint density at radius 2 is 1.80 bits per heavy atom. The van der Waals surface area contributed by atoms with Gasteiger partial charge in [0.25, 0.3) is 0 Å². The van der Waals surface area contributed by atoms with Crippen LogP contribution in [0.4, 0.5) is 10.5 Å². The van der Waals surface area contributed by atoms with Crippen molar-refractivity contribution in [2.24, 2.45) is 0 Å². The molecule has 1 heterocycles. The maximum atomic E-state index is 12.6. The lowest BCUT2D eigenvalue weighted by Gasteiger charge is -2.40. The molecule has 0 bridgehead atoms. The number of esters is 2. The summed E-state index contributed by atoms with van der Waals surface area (Å²) in [5.74, 6) is -1.38. The lowest BCUT2D eigenvalue weighted by Crippen LogP contribution is -2.46. The first-order chi connectivity index (χ1) is 13.9. The highest BCUT2D eigenvalue weighted by Gasteiger charge is 2.35. The molecule has 1 aliphatic rings. The molecular weight excluding hydrogens is 388 g/mol. The largest absolute Gasteiger partial charge is 0.466 e. The van der Waals surface area contributed by atoms with Crippen molar-refractivity contribution in [3.8, 4) is 0 Å². The van der Waals surface area contributed by atoms with Gasteiger partial charge in [-0.25, -0.2) is 14.4 Å². The lowest BCUT2D eigenvalue weighted by atomic mass is 9.78. The van der Waals surface area contributed by atoms with Crippen molar-refractivity contribution < 1.29 is 28.6 Å². The summed E-state index contributed by atoms with van der Waals surface area (Å²) in [7, 11) is 2.45. The number of fused-ring (bicyclic) bond motifs is 1. The molecule has 1 N–H and O–H groups in total. The third-order valence-electron chi connectivity index (χ3n) is 4.58. The number of anilines is 1. The summed E-state index contributed by atoms with van der Waals surface area (Å²) >= 11 is 0. The third-order valence-corrected chi connectivity index (χ3v) is 4.58. The van der Waals surface area contributed by atoms with Crippen LogP contribution in [-0.2, 0) is 35.8 Å². The van der Waals surface area contributed by atoms with E-state index in [2.05, 4.69) is 23.9 Å². The molecule has 164 valence electrons. The molecule has 0 unspecified atom stereocenters. The molecule has 1 amide bonds. The van der Waals surface area contributed by atoms with Gasteiger partial charge in [0.15, 0.2) is 0 Å². The minimum atomic E-state index is -0.700. The average Bonchev–Trinajstić information content (AvgIpc) is 2.64. The molecule has 8 heteroatoms. The van der Waals surface area contributed by atoms with Gasteiger partial charge in [-0.1, -0.05) is 19.9 Å². The molecular formula is C22H30N2O6. The van der Waals surface area contributed by atoms with Crippen LogP contribution in [0, 0.1) is 0 Å². The van der Waals surface area contributed by atoms with Crippen LogP contribution in [0.2, 0.25) is 0 Å². The second-order valence-corrected chi connectivity index (χ2v) is 8.79. The predicted molar refractivity (Wildman–Crippen MR) is 112 cm³/mol. The van der Waals surface area contributed by atoms with Gasteiger partial charge in [0.1, 0.15) is 11.3 Å². The molecule has 0 spiro atoms. The molecule has 1 aliphatic heterocycles. The van der Waals surface area contributed by atoms with E-state index >= 15 is 0 Å². The van der Waals surface area contributed by atoms with Gasteiger partial charge in [-0.2, -0.15) is 0 Å². The maximum absolute atomic E-state index is 12.6. The van der Waals surface area contributed by atoms with Crippen LogP contribution in [0.3, 0.4) is 0 Å². The van der Waals surface area contributed by atoms with Gasteiger partial charge in [0.2, 0.25) is 0 Å². The Labute approximate surface area is 177 Å². The van der Waals surface area contributed by atoms with Gasteiger partial charge in [-0.15, -0.1) is 0 Å². The van der Waals surface area contributed by atoms with Crippen molar-refractivity contribution in [1.29, 1.82) is 0 Å². The fourth-order valence-corrected chi connectivity index (χ4v) is 3.33. The molecule has 0 aromatic heterocycles. The normalized spacial score (nSPS) is 15.7. The van der Waals surface area contributed by atoms with Crippen molar-refractivity contribution >= 4 is 23.7 Å². The van der Waals surface area contributed by atoms with Gasteiger partial charge in [0, 0.05) is 24.2 Å². The van der Waals surface area contributed by atoms with Crippen LogP contribution in [-0.4, -0.2) is 49.3 Å². The molecule has 0 atom stereocenters. The molecule has 0 fully saturated rings. The summed E-state index contributed by atoms with van der Waals surface area (Å²) in [6, 6.07) is 5.62. The molecule has 0 radical (unpaired) electrons. The van der Waals surface area contributed by atoms with E-state index in [9.17, 15) is 14.4 Å². The van der Waals surface area contributed by atoms with Gasteiger partial charge < -0.3 is 24.4 Å². The van der Waals surface area contributed by atoms with E-state index in [1.807, 2.05) is 39.0 Å². The Morgan fingerprint density at radius 1 is 1.13 bits per heavy atom. The minimum Gasteiger partial charge on any atom is -0.466 e. The first-order valence-corrected chi connectivity index (χ1v) is 9.62. The maximum Gasteiger partial charge on any atom is 0.410 e. The number of methoxy groups -OCH3 is 2. The molecule has 1 aromatic carbocycles. The van der Waals surface area contributed by atoms with Crippen molar-refractivity contribution in [2.45, 2.75) is 52.2 Å². The van der Waals surface area contributed by atoms with Crippen LogP contribution in [0.15, 0.2) is 30.0 Å². The summed E-state index contributed by atoms with van der Waals surface area (Å²) in [5.41, 5.74) is 1.68. The number of benzene rings is 1. The first kappa shape index (κ1) is 23.3. The number of carbonyl (C=O) groups excluding carboxylic acids is 3. The van der Waals surface area contributed by atoms with Crippen molar-refractivity contribution in [3.63, 3.8) is 0 Å². The van der Waals surface area contributed by atoms with E-state index in [-0.39, 0.29) is 17.2 Å². The molecule has 1 aromatic rings. The number of rotatable bonds is 4. The van der Waals surface area contributed by atoms with Crippen LogP contribution in [0.5, 0.6) is 0 Å². The smallest absolute Gasteiger partial charge is 0.410 e. The predicted octanol–water partition coefficient (Wildman–Crippen LogP) is 3.36. The zero-order chi connectivity index (χ0) is 22.7. The highest BCUT2D eigenvalue weighted by atomic mass is 16.6. The summed E-state index contributed by atoms with van der Waals surface area (Å²) in [6.07, 6.45) is 0.655. The van der Waals surface area contributed by atoms with Crippen LogP contribution in [0.25, 0.3) is 0 Å². The summed E-state index contributed by atoms with van der Waals surface area (Å²) in [6.45, 7) is 10.5. The number of amides is 1. The Bertz CT molecular complexity index is 867. The monoisotopic (exact) mass is 418 g/mol. The lowest BCUT2D eigenvalue weighted by molar-refractivity contribution is -0.138. The Balaban J connectivity index is 2.34. The van der Waals surface area contributed by atoms with E-state index < -0.39 is 17.5 Å². The van der Waals surface area contributed by atoms with E-state index in [4.69, 9.17) is 9.47 Å². The standard InChI is InChI=1S/C22H30N2O6/c1-21(2,3)30-20(27)24-12-14-10-15(8-9-16(14)22(4,5)13-24)23-17(19(26)29-7)11-18(25)28-6/h8-11,23H,12-13H2,1-7H3/b17-11+. The highest BCUT2D eigenvalue weighted by Crippen LogP contribution is 2.35. The Morgan fingerprint density at radius 3 is 2.37 bits per heavy atom. The summed E-state index contributed by atoms with van der Waals surface area (Å²) < 4.78 is 14.8. The zero-order valence-corrected chi connectivity index (χ0v) is 18.6. The van der Waals surface area contributed by atoms with Crippen LogP contribution >= 0.6 is 0 Å². The number of carbonyl (C=O) groups is 3. The molecule has 0 aliphatic carbocycles. The molecule has 30 heavy (non-hydrogen) atoms. The topological polar surface area (TPSA) is 94.2 Å².